The standard InChI is InChI=1S/C23H29FN6/c1-15(21-7-4-12-30(21)2)28-22(20-9-8-18(14-26)23(24)29-20)17-6-3-5-16(13-17)19(27)10-11-25/h3,5-6,8-11,13,21-22,25,28H,1,4,7,12,14,26-27H2,2H3/b19-10-,25-11?. The Morgan fingerprint density at radius 1 is 1.43 bits per heavy atom. The zero-order valence-corrected chi connectivity index (χ0v) is 17.2. The number of aromatic nitrogens is 1. The fraction of sp³-hybridized carbons (Fsp3) is 0.304. The minimum Gasteiger partial charge on any atom is -0.398 e. The normalized spacial score (nSPS) is 18.2. The number of nitrogens with two attached hydrogens (primary N) is 2. The highest BCUT2D eigenvalue weighted by Crippen LogP contribution is 2.28. The molecular weight excluding hydrogens is 379 g/mol. The second-order valence-corrected chi connectivity index (χ2v) is 7.55. The molecule has 0 saturated carbocycles. The van der Waals surface area contributed by atoms with E-state index in [4.69, 9.17) is 16.9 Å². The molecule has 1 fully saturated rings. The Kier molecular flexibility index (Phi) is 6.97. The molecule has 2 aromatic rings. The van der Waals surface area contributed by atoms with E-state index in [1.807, 2.05) is 24.3 Å². The predicted octanol–water partition coefficient (Wildman–Crippen LogP) is 2.92. The van der Waals surface area contributed by atoms with Crippen LogP contribution in [-0.4, -0.2) is 35.7 Å². The van der Waals surface area contributed by atoms with Crippen LogP contribution in [0.4, 0.5) is 4.39 Å². The van der Waals surface area contributed by atoms with Crippen LogP contribution in [0.15, 0.2) is 54.8 Å². The number of likely N-dealkylation sites (N-methyl/N-ethyl adjacent to an activating group) is 1. The van der Waals surface area contributed by atoms with Gasteiger partial charge >= 0.3 is 0 Å². The van der Waals surface area contributed by atoms with Crippen LogP contribution in [0.5, 0.6) is 0 Å². The molecule has 1 aromatic carbocycles. The molecule has 0 bridgehead atoms. The molecule has 3 rings (SSSR count). The maximum absolute atomic E-state index is 14.4. The zero-order chi connectivity index (χ0) is 21.7. The molecule has 0 spiro atoms. The monoisotopic (exact) mass is 408 g/mol. The van der Waals surface area contributed by atoms with Crippen LogP contribution in [0, 0.1) is 11.4 Å². The van der Waals surface area contributed by atoms with Gasteiger partial charge in [-0.1, -0.05) is 30.8 Å². The summed E-state index contributed by atoms with van der Waals surface area (Å²) < 4.78 is 14.4. The van der Waals surface area contributed by atoms with Crippen molar-refractivity contribution in [1.82, 2.24) is 15.2 Å². The highest BCUT2D eigenvalue weighted by atomic mass is 19.1. The van der Waals surface area contributed by atoms with Crippen LogP contribution in [0.2, 0.25) is 0 Å². The average molecular weight is 409 g/mol. The minimum atomic E-state index is -0.565. The fourth-order valence-corrected chi connectivity index (χ4v) is 3.83. The summed E-state index contributed by atoms with van der Waals surface area (Å²) in [4.78, 5) is 6.45. The summed E-state index contributed by atoms with van der Waals surface area (Å²) in [6, 6.07) is 10.9. The quantitative estimate of drug-likeness (QED) is 0.397. The molecule has 6 nitrogen and oxygen atoms in total. The van der Waals surface area contributed by atoms with E-state index in [1.165, 1.54) is 6.08 Å². The number of likely N-dealkylation sites (tertiary alicyclic amines) is 1. The molecule has 0 amide bonds. The van der Waals surface area contributed by atoms with Gasteiger partial charge in [-0.15, -0.1) is 0 Å². The smallest absolute Gasteiger partial charge is 0.217 e. The number of hydrogen-bond donors (Lipinski definition) is 4. The fourth-order valence-electron chi connectivity index (χ4n) is 3.83. The summed E-state index contributed by atoms with van der Waals surface area (Å²) in [6.07, 6.45) is 4.82. The zero-order valence-electron chi connectivity index (χ0n) is 17.2. The number of rotatable bonds is 8. The number of nitrogens with one attached hydrogen (secondary N) is 2. The van der Waals surface area contributed by atoms with Gasteiger partial charge in [0.2, 0.25) is 5.95 Å². The van der Waals surface area contributed by atoms with Crippen molar-refractivity contribution in [2.24, 2.45) is 11.5 Å². The van der Waals surface area contributed by atoms with E-state index in [0.717, 1.165) is 42.4 Å². The van der Waals surface area contributed by atoms with Crippen LogP contribution in [-0.2, 0) is 6.54 Å². The van der Waals surface area contributed by atoms with Gasteiger partial charge in [0.25, 0.3) is 0 Å². The molecule has 0 aliphatic carbocycles. The number of benzene rings is 1. The number of pyridine rings is 1. The third-order valence-electron chi connectivity index (χ3n) is 5.53. The summed E-state index contributed by atoms with van der Waals surface area (Å²) in [7, 11) is 2.08. The van der Waals surface area contributed by atoms with E-state index in [2.05, 4.69) is 28.8 Å². The lowest BCUT2D eigenvalue weighted by Crippen LogP contribution is -2.35. The number of allylic oxidation sites excluding steroid dienone is 1. The summed E-state index contributed by atoms with van der Waals surface area (Å²) in [6.45, 7) is 5.38. The summed E-state index contributed by atoms with van der Waals surface area (Å²) in [5, 5.41) is 10.7. The second-order valence-electron chi connectivity index (χ2n) is 7.55. The van der Waals surface area contributed by atoms with Crippen molar-refractivity contribution >= 4 is 11.9 Å². The van der Waals surface area contributed by atoms with Crippen molar-refractivity contribution in [2.45, 2.75) is 31.5 Å². The number of halogens is 1. The van der Waals surface area contributed by atoms with Gasteiger partial charge < -0.3 is 22.2 Å². The molecule has 30 heavy (non-hydrogen) atoms. The average Bonchev–Trinajstić information content (AvgIpc) is 3.18. The van der Waals surface area contributed by atoms with Gasteiger partial charge in [-0.2, -0.15) is 4.39 Å². The molecule has 2 heterocycles. The van der Waals surface area contributed by atoms with E-state index >= 15 is 0 Å². The molecule has 1 aliphatic rings. The maximum atomic E-state index is 14.4. The lowest BCUT2D eigenvalue weighted by molar-refractivity contribution is 0.330. The van der Waals surface area contributed by atoms with Crippen LogP contribution < -0.4 is 16.8 Å². The second kappa shape index (κ2) is 9.65. The number of hydrogen-bond acceptors (Lipinski definition) is 6. The maximum Gasteiger partial charge on any atom is 0.217 e. The molecule has 7 heteroatoms. The Balaban J connectivity index is 2.00. The van der Waals surface area contributed by atoms with Gasteiger partial charge in [0, 0.05) is 35.8 Å². The van der Waals surface area contributed by atoms with Crippen molar-refractivity contribution < 1.29 is 4.39 Å². The summed E-state index contributed by atoms with van der Waals surface area (Å²) in [5.41, 5.74) is 15.6. The van der Waals surface area contributed by atoms with Gasteiger partial charge in [0.05, 0.1) is 11.7 Å². The first-order valence-corrected chi connectivity index (χ1v) is 10.0. The van der Waals surface area contributed by atoms with Gasteiger partial charge in [-0.3, -0.25) is 4.90 Å². The molecule has 1 aromatic heterocycles. The highest BCUT2D eigenvalue weighted by molar-refractivity contribution is 5.81. The summed E-state index contributed by atoms with van der Waals surface area (Å²) in [5.74, 6) is -0.565. The first-order chi connectivity index (χ1) is 14.4. The summed E-state index contributed by atoms with van der Waals surface area (Å²) >= 11 is 0. The van der Waals surface area contributed by atoms with Crippen LogP contribution in [0.3, 0.4) is 0 Å². The molecular formula is C23H29FN6. The lowest BCUT2D eigenvalue weighted by atomic mass is 9.98. The van der Waals surface area contributed by atoms with E-state index in [-0.39, 0.29) is 12.6 Å². The molecule has 1 saturated heterocycles. The predicted molar refractivity (Wildman–Crippen MR) is 119 cm³/mol. The minimum absolute atomic E-state index is 0.0945. The van der Waals surface area contributed by atoms with E-state index in [1.54, 1.807) is 12.1 Å². The van der Waals surface area contributed by atoms with Crippen LogP contribution in [0.25, 0.3) is 5.70 Å². The molecule has 6 N–H and O–H groups in total. The SMILES string of the molecule is C=C(NC(c1cccc(/C(N)=C/C=N)c1)c1ccc(CN)c(F)n1)C1CCCN1C. The van der Waals surface area contributed by atoms with Gasteiger partial charge in [0.15, 0.2) is 0 Å². The highest BCUT2D eigenvalue weighted by Gasteiger charge is 2.26. The van der Waals surface area contributed by atoms with Gasteiger partial charge in [-0.05, 0) is 55.8 Å². The van der Waals surface area contributed by atoms with E-state index in [9.17, 15) is 4.39 Å². The number of nitrogens with zero attached hydrogens (tertiary/aromatic N) is 2. The van der Waals surface area contributed by atoms with Crippen molar-refractivity contribution in [3.8, 4) is 0 Å². The Labute approximate surface area is 177 Å². The molecule has 2 unspecified atom stereocenters. The Morgan fingerprint density at radius 2 is 2.23 bits per heavy atom. The largest absolute Gasteiger partial charge is 0.398 e. The van der Waals surface area contributed by atoms with Crippen molar-refractivity contribution in [2.75, 3.05) is 13.6 Å². The molecule has 2 atom stereocenters. The first-order valence-electron chi connectivity index (χ1n) is 10.0. The molecule has 1 aliphatic heterocycles. The molecule has 0 radical (unpaired) electrons. The van der Waals surface area contributed by atoms with Crippen LogP contribution >= 0.6 is 0 Å². The van der Waals surface area contributed by atoms with Crippen molar-refractivity contribution in [3.63, 3.8) is 0 Å². The Hall–Kier alpha value is -3.03. The Bertz CT molecular complexity index is 954. The molecule has 158 valence electrons. The van der Waals surface area contributed by atoms with Crippen LogP contribution in [0.1, 0.15) is 41.3 Å². The van der Waals surface area contributed by atoms with E-state index in [0.29, 0.717) is 17.0 Å². The van der Waals surface area contributed by atoms with E-state index < -0.39 is 12.0 Å². The third-order valence-corrected chi connectivity index (χ3v) is 5.53. The van der Waals surface area contributed by atoms with Crippen molar-refractivity contribution in [1.29, 1.82) is 5.41 Å². The Morgan fingerprint density at radius 3 is 2.87 bits per heavy atom. The topological polar surface area (TPSA) is 104 Å². The third kappa shape index (κ3) is 4.75. The van der Waals surface area contributed by atoms with Crippen molar-refractivity contribution in [3.05, 3.63) is 83.1 Å². The lowest BCUT2D eigenvalue weighted by Gasteiger charge is -2.28. The first kappa shape index (κ1) is 21.7. The van der Waals surface area contributed by atoms with Gasteiger partial charge in [-0.25, -0.2) is 4.98 Å². The van der Waals surface area contributed by atoms with Gasteiger partial charge in [0.1, 0.15) is 0 Å².